The van der Waals surface area contributed by atoms with Crippen LogP contribution in [0.15, 0.2) is 53.0 Å². The third kappa shape index (κ3) is 6.04. The van der Waals surface area contributed by atoms with E-state index in [1.54, 1.807) is 15.9 Å². The van der Waals surface area contributed by atoms with Crippen LogP contribution >= 0.6 is 15.9 Å². The number of amides is 3. The Morgan fingerprint density at radius 1 is 1.07 bits per heavy atom. The smallest absolute Gasteiger partial charge is 0.313 e. The number of hydrogen-bond donors (Lipinski definition) is 2. The predicted molar refractivity (Wildman–Crippen MR) is 162 cm³/mol. The fourth-order valence-electron chi connectivity index (χ4n) is 6.72. The lowest BCUT2D eigenvalue weighted by Gasteiger charge is -2.37. The van der Waals surface area contributed by atoms with Gasteiger partial charge < -0.3 is 29.7 Å². The van der Waals surface area contributed by atoms with Crippen molar-refractivity contribution in [2.24, 2.45) is 11.8 Å². The molecule has 0 aromatic heterocycles. The molecule has 2 fully saturated rings. The van der Waals surface area contributed by atoms with E-state index in [1.165, 1.54) is 0 Å². The van der Waals surface area contributed by atoms with Gasteiger partial charge in [-0.15, -0.1) is 0 Å². The van der Waals surface area contributed by atoms with Gasteiger partial charge in [0, 0.05) is 36.6 Å². The number of likely N-dealkylation sites (tertiary alicyclic amines) is 1. The van der Waals surface area contributed by atoms with Gasteiger partial charge in [0.25, 0.3) is 0 Å². The summed E-state index contributed by atoms with van der Waals surface area (Å²) in [6, 6.07) is 8.03. The van der Waals surface area contributed by atoms with Crippen molar-refractivity contribution >= 4 is 39.6 Å². The highest BCUT2D eigenvalue weighted by molar-refractivity contribution is 9.11. The van der Waals surface area contributed by atoms with Gasteiger partial charge in [-0.2, -0.15) is 0 Å². The van der Waals surface area contributed by atoms with E-state index in [0.29, 0.717) is 48.8 Å². The first kappa shape index (κ1) is 31.4. The van der Waals surface area contributed by atoms with E-state index in [9.17, 15) is 24.3 Å². The maximum absolute atomic E-state index is 14.4. The summed E-state index contributed by atoms with van der Waals surface area (Å²) in [6.07, 6.45) is 6.62. The fourth-order valence-corrected chi connectivity index (χ4v) is 7.45. The van der Waals surface area contributed by atoms with E-state index < -0.39 is 41.7 Å². The molecule has 5 bridgehead atoms. The van der Waals surface area contributed by atoms with Crippen LogP contribution in [0.3, 0.4) is 0 Å². The largest absolute Gasteiger partial charge is 0.455 e. The summed E-state index contributed by atoms with van der Waals surface area (Å²) in [5.41, 5.74) is -0.620. The Kier molecular flexibility index (Phi) is 9.73. The molecule has 2 N–H and O–H groups in total. The number of nitrogens with one attached hydrogen (secondary N) is 1. The molecule has 3 amide bonds. The normalized spacial score (nSPS) is 32.1. The first-order valence-electron chi connectivity index (χ1n) is 15.1. The average Bonchev–Trinajstić information content (AvgIpc) is 3.57. The number of fused-ring (bicyclic) bond motifs is 2. The molecule has 11 heteroatoms. The lowest BCUT2D eigenvalue weighted by Crippen LogP contribution is -2.57. The van der Waals surface area contributed by atoms with Crippen molar-refractivity contribution in [3.8, 4) is 0 Å². The van der Waals surface area contributed by atoms with Gasteiger partial charge in [-0.25, -0.2) is 0 Å². The Bertz CT molecular complexity index is 1280. The molecule has 10 nitrogen and oxygen atoms in total. The first-order chi connectivity index (χ1) is 20.7. The Hall–Kier alpha value is -3.02. The zero-order valence-electron chi connectivity index (χ0n) is 24.6. The minimum atomic E-state index is -1.33. The molecule has 4 aliphatic rings. The van der Waals surface area contributed by atoms with Gasteiger partial charge in [0.05, 0.1) is 12.5 Å². The highest BCUT2D eigenvalue weighted by Crippen LogP contribution is 2.59. The van der Waals surface area contributed by atoms with Crippen LogP contribution in [0.5, 0.6) is 0 Å². The molecule has 5 rings (SSSR count). The van der Waals surface area contributed by atoms with E-state index in [1.807, 2.05) is 56.3 Å². The molecule has 6 atom stereocenters. The summed E-state index contributed by atoms with van der Waals surface area (Å²) >= 11 is 3.58. The number of rotatable bonds is 7. The van der Waals surface area contributed by atoms with Crippen LogP contribution in [0.25, 0.3) is 0 Å². The molecule has 0 saturated carbocycles. The SMILES string of the molecule is CC(C)N1C/C=C\CCC(=O)NC[C@@H](c2ccccc2)OC(=O)[C@@H]2[C@H]3O[C@@]4(C=C3Br)[C@H](C1=O)N(CCCCCO)C(=O)[C@@H]24. The van der Waals surface area contributed by atoms with Gasteiger partial charge in [-0.05, 0) is 51.2 Å². The summed E-state index contributed by atoms with van der Waals surface area (Å²) in [5.74, 6) is -3.28. The van der Waals surface area contributed by atoms with Crippen LogP contribution in [0.1, 0.15) is 57.6 Å². The van der Waals surface area contributed by atoms with Crippen molar-refractivity contribution < 1.29 is 33.8 Å². The number of aliphatic hydroxyl groups is 1. The van der Waals surface area contributed by atoms with Crippen LogP contribution in [0.2, 0.25) is 0 Å². The zero-order chi connectivity index (χ0) is 30.7. The van der Waals surface area contributed by atoms with Gasteiger partial charge in [0.2, 0.25) is 17.7 Å². The number of aliphatic hydroxyl groups excluding tert-OH is 1. The third-order valence-corrected chi connectivity index (χ3v) is 9.50. The number of cyclic esters (lactones) is 1. The lowest BCUT2D eigenvalue weighted by molar-refractivity contribution is -0.160. The van der Waals surface area contributed by atoms with E-state index in [4.69, 9.17) is 9.47 Å². The first-order valence-corrected chi connectivity index (χ1v) is 15.9. The van der Waals surface area contributed by atoms with Crippen molar-refractivity contribution in [1.29, 1.82) is 0 Å². The van der Waals surface area contributed by atoms with E-state index in [0.717, 1.165) is 0 Å². The van der Waals surface area contributed by atoms with E-state index in [-0.39, 0.29) is 43.3 Å². The van der Waals surface area contributed by atoms with Crippen molar-refractivity contribution in [3.05, 3.63) is 58.6 Å². The van der Waals surface area contributed by atoms with Gasteiger partial charge in [0.1, 0.15) is 29.8 Å². The van der Waals surface area contributed by atoms with Crippen LogP contribution in [-0.2, 0) is 28.7 Å². The van der Waals surface area contributed by atoms with E-state index in [2.05, 4.69) is 21.2 Å². The number of esters is 1. The molecule has 1 aromatic rings. The minimum Gasteiger partial charge on any atom is -0.455 e. The highest BCUT2D eigenvalue weighted by Gasteiger charge is 2.74. The summed E-state index contributed by atoms with van der Waals surface area (Å²) in [6.45, 7) is 4.57. The summed E-state index contributed by atoms with van der Waals surface area (Å²) in [5, 5.41) is 12.2. The molecule has 232 valence electrons. The van der Waals surface area contributed by atoms with Crippen molar-refractivity contribution in [1.82, 2.24) is 15.1 Å². The number of nitrogens with zero attached hydrogens (tertiary/aromatic N) is 2. The summed E-state index contributed by atoms with van der Waals surface area (Å²) in [7, 11) is 0. The lowest BCUT2D eigenvalue weighted by atomic mass is 9.74. The van der Waals surface area contributed by atoms with Gasteiger partial charge in [-0.1, -0.05) is 58.4 Å². The Morgan fingerprint density at radius 2 is 1.84 bits per heavy atom. The number of unbranched alkanes of at least 4 members (excludes halogenated alkanes) is 2. The van der Waals surface area contributed by atoms with Crippen molar-refractivity contribution in [2.75, 3.05) is 26.2 Å². The maximum Gasteiger partial charge on any atom is 0.313 e. The second-order valence-corrected chi connectivity index (χ2v) is 12.8. The molecule has 43 heavy (non-hydrogen) atoms. The standard InChI is InChI=1S/C32H40BrN3O7/c1-20(2)35-15-9-4-8-14-24(38)34-19-23(21-12-6-3-7-13-21)42-31(41)25-26-29(39)36(16-10-5-11-17-37)28(30(35)40)32(26)18-22(33)27(25)43-32/h3-4,6-7,9,12-13,18,20,23,25-28,37H,5,8,10-11,14-17,19H2,1-2H3,(H,34,38)/b9-4-/t23-,25-,26+,27-,28-,32+/m0/s1. The predicted octanol–water partition coefficient (Wildman–Crippen LogP) is 3.01. The Labute approximate surface area is 260 Å². The molecule has 0 aliphatic carbocycles. The molecule has 2 saturated heterocycles. The molecule has 4 heterocycles. The summed E-state index contributed by atoms with van der Waals surface area (Å²) in [4.78, 5) is 58.7. The second-order valence-electron chi connectivity index (χ2n) is 11.9. The van der Waals surface area contributed by atoms with Gasteiger partial charge in [-0.3, -0.25) is 19.2 Å². The highest BCUT2D eigenvalue weighted by atomic mass is 79.9. The number of benzene rings is 1. The monoisotopic (exact) mass is 657 g/mol. The molecular formula is C32H40BrN3O7. The third-order valence-electron chi connectivity index (χ3n) is 8.82. The molecular weight excluding hydrogens is 618 g/mol. The Balaban J connectivity index is 1.56. The van der Waals surface area contributed by atoms with Gasteiger partial charge >= 0.3 is 5.97 Å². The number of halogens is 1. The number of carbonyl (C=O) groups is 4. The summed E-state index contributed by atoms with van der Waals surface area (Å²) < 4.78 is 13.2. The number of ether oxygens (including phenoxy) is 2. The molecule has 1 spiro atoms. The number of allylic oxidation sites excluding steroid dienone is 1. The molecule has 4 aliphatic heterocycles. The second kappa shape index (κ2) is 13.3. The van der Waals surface area contributed by atoms with Crippen LogP contribution < -0.4 is 5.32 Å². The molecule has 0 unspecified atom stereocenters. The molecule has 1 aromatic carbocycles. The zero-order valence-corrected chi connectivity index (χ0v) is 26.2. The minimum absolute atomic E-state index is 0.0494. The maximum atomic E-state index is 14.4. The van der Waals surface area contributed by atoms with Crippen LogP contribution in [-0.4, -0.2) is 88.6 Å². The van der Waals surface area contributed by atoms with Crippen molar-refractivity contribution in [3.63, 3.8) is 0 Å². The van der Waals surface area contributed by atoms with Crippen LogP contribution in [0, 0.1) is 11.8 Å². The van der Waals surface area contributed by atoms with Crippen LogP contribution in [0.4, 0.5) is 0 Å². The quantitative estimate of drug-likeness (QED) is 0.262. The number of carbonyl (C=O) groups excluding carboxylic acids is 4. The number of hydrogen-bond acceptors (Lipinski definition) is 7. The Morgan fingerprint density at radius 3 is 2.56 bits per heavy atom. The van der Waals surface area contributed by atoms with E-state index >= 15 is 0 Å². The topological polar surface area (TPSA) is 125 Å². The fraction of sp³-hybridized carbons (Fsp3) is 0.562. The van der Waals surface area contributed by atoms with Gasteiger partial charge in [0.15, 0.2) is 0 Å². The molecule has 0 radical (unpaired) electrons. The van der Waals surface area contributed by atoms with Crippen molar-refractivity contribution in [2.45, 2.75) is 75.8 Å². The average molecular weight is 659 g/mol.